The number of amides is 1. The van der Waals surface area contributed by atoms with Crippen molar-refractivity contribution in [1.29, 1.82) is 0 Å². The first-order valence-electron chi connectivity index (χ1n) is 6.51. The molecule has 0 saturated heterocycles. The van der Waals surface area contributed by atoms with Crippen LogP contribution in [0.25, 0.3) is 11.0 Å². The molecule has 0 aliphatic rings. The van der Waals surface area contributed by atoms with Gasteiger partial charge in [0.1, 0.15) is 5.58 Å². The minimum absolute atomic E-state index is 0.0437. The van der Waals surface area contributed by atoms with Crippen LogP contribution in [0.4, 0.5) is 18.9 Å². The number of hydrogen-bond acceptors (Lipinski definition) is 2. The highest BCUT2D eigenvalue weighted by Crippen LogP contribution is 2.34. The van der Waals surface area contributed by atoms with E-state index in [4.69, 9.17) is 16.0 Å². The second-order valence-corrected chi connectivity index (χ2v) is 5.20. The lowest BCUT2D eigenvalue weighted by atomic mass is 10.2. The summed E-state index contributed by atoms with van der Waals surface area (Å²) in [4.78, 5) is 12.1. The van der Waals surface area contributed by atoms with Gasteiger partial charge in [-0.15, -0.1) is 0 Å². The van der Waals surface area contributed by atoms with Crippen molar-refractivity contribution in [2.75, 3.05) is 5.32 Å². The molecule has 1 amide bonds. The van der Waals surface area contributed by atoms with Crippen LogP contribution in [0.5, 0.6) is 0 Å². The number of carbonyl (C=O) groups excluding carboxylic acids is 1. The van der Waals surface area contributed by atoms with Gasteiger partial charge >= 0.3 is 6.18 Å². The molecule has 0 bridgehead atoms. The monoisotopic (exact) mass is 339 g/mol. The fourth-order valence-corrected chi connectivity index (χ4v) is 2.30. The predicted molar refractivity (Wildman–Crippen MR) is 80.6 cm³/mol. The number of furan rings is 1. The lowest BCUT2D eigenvalue weighted by Crippen LogP contribution is -2.12. The number of nitrogens with one attached hydrogen (secondary N) is 1. The summed E-state index contributed by atoms with van der Waals surface area (Å²) in [6.07, 6.45) is -4.50. The van der Waals surface area contributed by atoms with Crippen LogP contribution in [-0.4, -0.2) is 5.91 Å². The summed E-state index contributed by atoms with van der Waals surface area (Å²) in [5.74, 6) is -0.551. The van der Waals surface area contributed by atoms with Gasteiger partial charge in [0.25, 0.3) is 5.91 Å². The van der Waals surface area contributed by atoms with Crippen molar-refractivity contribution in [1.82, 2.24) is 0 Å². The highest BCUT2D eigenvalue weighted by molar-refractivity contribution is 6.34. The molecule has 118 valence electrons. The standard InChI is InChI=1S/C16H9ClF3NO2/c17-11-8-10(16(18,19)20)5-6-12(11)21-15(22)14-7-9-3-1-2-4-13(9)23-14/h1-8H,(H,21,22). The molecule has 0 spiro atoms. The number of carbonyl (C=O) groups is 1. The largest absolute Gasteiger partial charge is 0.451 e. The van der Waals surface area contributed by atoms with Gasteiger partial charge in [0.2, 0.25) is 0 Å². The molecule has 1 N–H and O–H groups in total. The molecule has 1 aromatic heterocycles. The van der Waals surface area contributed by atoms with Crippen LogP contribution in [0.3, 0.4) is 0 Å². The quantitative estimate of drug-likeness (QED) is 0.683. The van der Waals surface area contributed by atoms with Crippen LogP contribution in [0.1, 0.15) is 16.1 Å². The maximum atomic E-state index is 12.6. The maximum absolute atomic E-state index is 12.6. The van der Waals surface area contributed by atoms with Crippen molar-refractivity contribution in [2.45, 2.75) is 6.18 Å². The Morgan fingerprint density at radius 2 is 1.83 bits per heavy atom. The number of fused-ring (bicyclic) bond motifs is 1. The Labute approximate surface area is 133 Å². The van der Waals surface area contributed by atoms with Gasteiger partial charge in [-0.1, -0.05) is 29.8 Å². The first kappa shape index (κ1) is 15.4. The molecule has 1 heterocycles. The molecule has 3 rings (SSSR count). The van der Waals surface area contributed by atoms with E-state index < -0.39 is 17.6 Å². The smallest absolute Gasteiger partial charge is 0.416 e. The zero-order valence-electron chi connectivity index (χ0n) is 11.4. The zero-order valence-corrected chi connectivity index (χ0v) is 12.2. The van der Waals surface area contributed by atoms with E-state index in [0.717, 1.165) is 23.6 Å². The number of halogens is 4. The Morgan fingerprint density at radius 1 is 1.09 bits per heavy atom. The third kappa shape index (κ3) is 3.17. The van der Waals surface area contributed by atoms with Crippen LogP contribution in [0, 0.1) is 0 Å². The molecule has 2 aromatic carbocycles. The molecule has 7 heteroatoms. The molecular weight excluding hydrogens is 331 g/mol. The number of rotatable bonds is 2. The Kier molecular flexibility index (Phi) is 3.77. The molecule has 3 nitrogen and oxygen atoms in total. The molecule has 0 atom stereocenters. The van der Waals surface area contributed by atoms with E-state index in [9.17, 15) is 18.0 Å². The van der Waals surface area contributed by atoms with E-state index in [1.165, 1.54) is 0 Å². The van der Waals surface area contributed by atoms with Crippen molar-refractivity contribution >= 4 is 34.2 Å². The lowest BCUT2D eigenvalue weighted by molar-refractivity contribution is -0.137. The van der Waals surface area contributed by atoms with Gasteiger partial charge in [-0.2, -0.15) is 13.2 Å². The third-order valence-electron chi connectivity index (χ3n) is 3.19. The number of hydrogen-bond donors (Lipinski definition) is 1. The number of alkyl halides is 3. The summed E-state index contributed by atoms with van der Waals surface area (Å²) < 4.78 is 43.1. The fourth-order valence-electron chi connectivity index (χ4n) is 2.07. The van der Waals surface area contributed by atoms with E-state index in [1.807, 2.05) is 0 Å². The normalized spacial score (nSPS) is 11.7. The number of para-hydroxylation sites is 1. The summed E-state index contributed by atoms with van der Waals surface area (Å²) >= 11 is 5.80. The molecule has 0 aliphatic carbocycles. The van der Waals surface area contributed by atoms with E-state index in [1.54, 1.807) is 30.3 Å². The minimum atomic E-state index is -4.50. The van der Waals surface area contributed by atoms with Gasteiger partial charge in [0.05, 0.1) is 16.3 Å². The topological polar surface area (TPSA) is 42.2 Å². The van der Waals surface area contributed by atoms with Crippen molar-refractivity contribution in [3.63, 3.8) is 0 Å². The van der Waals surface area contributed by atoms with Crippen molar-refractivity contribution < 1.29 is 22.4 Å². The SMILES string of the molecule is O=C(Nc1ccc(C(F)(F)F)cc1Cl)c1cc2ccccc2o1. The first-order chi connectivity index (χ1) is 10.8. The van der Waals surface area contributed by atoms with Crippen molar-refractivity contribution in [3.05, 3.63) is 64.9 Å². The summed E-state index contributed by atoms with van der Waals surface area (Å²) in [7, 11) is 0. The molecule has 0 fully saturated rings. The van der Waals surface area contributed by atoms with Crippen molar-refractivity contribution in [3.8, 4) is 0 Å². The Morgan fingerprint density at radius 3 is 2.48 bits per heavy atom. The second kappa shape index (κ2) is 5.62. The van der Waals surface area contributed by atoms with Crippen LogP contribution < -0.4 is 5.32 Å². The lowest BCUT2D eigenvalue weighted by Gasteiger charge is -2.10. The maximum Gasteiger partial charge on any atom is 0.416 e. The molecule has 23 heavy (non-hydrogen) atoms. The summed E-state index contributed by atoms with van der Waals surface area (Å²) in [5, 5.41) is 2.98. The molecular formula is C16H9ClF3NO2. The Bertz CT molecular complexity index is 853. The predicted octanol–water partition coefficient (Wildman–Crippen LogP) is 5.36. The summed E-state index contributed by atoms with van der Waals surface area (Å²) in [5.41, 5.74) is -0.273. The first-order valence-corrected chi connectivity index (χ1v) is 6.89. The minimum Gasteiger partial charge on any atom is -0.451 e. The summed E-state index contributed by atoms with van der Waals surface area (Å²) in [6, 6.07) is 11.3. The summed E-state index contributed by atoms with van der Waals surface area (Å²) in [6.45, 7) is 0. The van der Waals surface area contributed by atoms with Crippen LogP contribution in [-0.2, 0) is 6.18 Å². The molecule has 0 saturated carbocycles. The van der Waals surface area contributed by atoms with Gasteiger partial charge in [0.15, 0.2) is 5.76 Å². The van der Waals surface area contributed by atoms with Crippen molar-refractivity contribution in [2.24, 2.45) is 0 Å². The van der Waals surface area contributed by atoms with Crippen LogP contribution in [0.2, 0.25) is 5.02 Å². The molecule has 0 aliphatic heterocycles. The fraction of sp³-hybridized carbons (Fsp3) is 0.0625. The van der Waals surface area contributed by atoms with E-state index in [-0.39, 0.29) is 16.5 Å². The number of benzene rings is 2. The molecule has 3 aromatic rings. The van der Waals surface area contributed by atoms with Gasteiger partial charge in [-0.25, -0.2) is 0 Å². The zero-order chi connectivity index (χ0) is 16.6. The second-order valence-electron chi connectivity index (χ2n) is 4.79. The van der Waals surface area contributed by atoms with Gasteiger partial charge in [-0.3, -0.25) is 4.79 Å². The van der Waals surface area contributed by atoms with Gasteiger partial charge < -0.3 is 9.73 Å². The number of anilines is 1. The van der Waals surface area contributed by atoms with Gasteiger partial charge in [-0.05, 0) is 30.3 Å². The Hall–Kier alpha value is -2.47. The van der Waals surface area contributed by atoms with E-state index in [2.05, 4.69) is 5.32 Å². The highest BCUT2D eigenvalue weighted by atomic mass is 35.5. The van der Waals surface area contributed by atoms with Crippen LogP contribution >= 0.6 is 11.6 Å². The molecule has 0 radical (unpaired) electrons. The Balaban J connectivity index is 1.85. The molecule has 0 unspecified atom stereocenters. The van der Waals surface area contributed by atoms with E-state index in [0.29, 0.717) is 5.58 Å². The highest BCUT2D eigenvalue weighted by Gasteiger charge is 2.31. The third-order valence-corrected chi connectivity index (χ3v) is 3.51. The van der Waals surface area contributed by atoms with E-state index >= 15 is 0 Å². The van der Waals surface area contributed by atoms with Crippen LogP contribution in [0.15, 0.2) is 52.9 Å². The average molecular weight is 340 g/mol. The average Bonchev–Trinajstić information content (AvgIpc) is 2.92. The van der Waals surface area contributed by atoms with Gasteiger partial charge in [0, 0.05) is 5.39 Å².